The third-order valence-corrected chi connectivity index (χ3v) is 4.51. The average molecular weight is 327 g/mol. The second-order valence-corrected chi connectivity index (χ2v) is 7.42. The standard InChI is InChI=1S/C20H42N2O/c1-19(2)17-15-13-11-9-7-5-3-4-6-8-10-12-14-16-18-22-20(21)23/h19H,3-18H2,1-2H3,(H3,21,22,23). The van der Waals surface area contributed by atoms with Crippen molar-refractivity contribution >= 4 is 6.03 Å². The fourth-order valence-electron chi connectivity index (χ4n) is 3.01. The van der Waals surface area contributed by atoms with Gasteiger partial charge in [0.15, 0.2) is 0 Å². The minimum atomic E-state index is -0.402. The Morgan fingerprint density at radius 3 is 1.39 bits per heavy atom. The minimum absolute atomic E-state index is 0.402. The van der Waals surface area contributed by atoms with Crippen LogP contribution in [0.25, 0.3) is 0 Å². The van der Waals surface area contributed by atoms with Crippen LogP contribution in [0.1, 0.15) is 110 Å². The molecule has 0 spiro atoms. The summed E-state index contributed by atoms with van der Waals surface area (Å²) in [6.45, 7) is 5.37. The molecule has 138 valence electrons. The third-order valence-electron chi connectivity index (χ3n) is 4.51. The van der Waals surface area contributed by atoms with E-state index in [1.165, 1.54) is 89.9 Å². The SMILES string of the molecule is CC(C)CCCCCCCCCCCCCCCCNC(N)=O. The first-order chi connectivity index (χ1) is 11.1. The maximum atomic E-state index is 10.5. The van der Waals surface area contributed by atoms with E-state index in [1.807, 2.05) is 0 Å². The molecule has 2 amide bonds. The fourth-order valence-corrected chi connectivity index (χ4v) is 3.01. The molecule has 3 nitrogen and oxygen atoms in total. The molecule has 0 aromatic rings. The van der Waals surface area contributed by atoms with Gasteiger partial charge in [0, 0.05) is 6.54 Å². The quantitative estimate of drug-likeness (QED) is 0.309. The maximum Gasteiger partial charge on any atom is 0.312 e. The molecule has 0 unspecified atom stereocenters. The van der Waals surface area contributed by atoms with E-state index in [1.54, 1.807) is 0 Å². The van der Waals surface area contributed by atoms with E-state index < -0.39 is 6.03 Å². The van der Waals surface area contributed by atoms with E-state index in [-0.39, 0.29) is 0 Å². The van der Waals surface area contributed by atoms with Crippen molar-refractivity contribution in [2.45, 2.75) is 110 Å². The Morgan fingerprint density at radius 2 is 1.04 bits per heavy atom. The van der Waals surface area contributed by atoms with Gasteiger partial charge >= 0.3 is 6.03 Å². The zero-order valence-corrected chi connectivity index (χ0v) is 15.9. The zero-order valence-electron chi connectivity index (χ0n) is 15.9. The number of amides is 2. The molecule has 0 aromatic carbocycles. The van der Waals surface area contributed by atoms with Crippen LogP contribution in [0.15, 0.2) is 0 Å². The molecule has 0 radical (unpaired) electrons. The Balaban J connectivity index is 2.99. The van der Waals surface area contributed by atoms with Gasteiger partial charge in [-0.3, -0.25) is 0 Å². The van der Waals surface area contributed by atoms with Crippen molar-refractivity contribution in [1.82, 2.24) is 5.32 Å². The highest BCUT2D eigenvalue weighted by atomic mass is 16.2. The summed E-state index contributed by atoms with van der Waals surface area (Å²) in [4.78, 5) is 10.5. The summed E-state index contributed by atoms with van der Waals surface area (Å²) >= 11 is 0. The molecule has 0 bridgehead atoms. The van der Waals surface area contributed by atoms with E-state index in [0.717, 1.165) is 18.9 Å². The molecule has 0 saturated carbocycles. The van der Waals surface area contributed by atoms with Crippen molar-refractivity contribution in [3.05, 3.63) is 0 Å². The molecule has 0 aliphatic rings. The number of rotatable bonds is 17. The topological polar surface area (TPSA) is 55.1 Å². The molecule has 3 heteroatoms. The van der Waals surface area contributed by atoms with Crippen LogP contribution >= 0.6 is 0 Å². The van der Waals surface area contributed by atoms with Crippen LogP contribution in [-0.4, -0.2) is 12.6 Å². The highest BCUT2D eigenvalue weighted by Gasteiger charge is 1.96. The summed E-state index contributed by atoms with van der Waals surface area (Å²) < 4.78 is 0. The molecule has 0 fully saturated rings. The van der Waals surface area contributed by atoms with Gasteiger partial charge in [0.2, 0.25) is 0 Å². The van der Waals surface area contributed by atoms with Gasteiger partial charge in [0.1, 0.15) is 0 Å². The number of unbranched alkanes of at least 4 members (excludes halogenated alkanes) is 13. The first-order valence-corrected chi connectivity index (χ1v) is 10.2. The third kappa shape index (κ3) is 21.3. The van der Waals surface area contributed by atoms with Crippen LogP contribution in [0, 0.1) is 5.92 Å². The minimum Gasteiger partial charge on any atom is -0.352 e. The number of carbonyl (C=O) groups is 1. The van der Waals surface area contributed by atoms with E-state index >= 15 is 0 Å². The Hall–Kier alpha value is -0.730. The summed E-state index contributed by atoms with van der Waals surface area (Å²) in [6.07, 6.45) is 20.5. The normalized spacial score (nSPS) is 11.1. The monoisotopic (exact) mass is 326 g/mol. The number of hydrogen-bond acceptors (Lipinski definition) is 1. The summed E-state index contributed by atoms with van der Waals surface area (Å²) in [5.74, 6) is 0.877. The largest absolute Gasteiger partial charge is 0.352 e. The zero-order chi connectivity index (χ0) is 17.2. The number of primary amides is 1. The van der Waals surface area contributed by atoms with Crippen LogP contribution in [0.4, 0.5) is 4.79 Å². The van der Waals surface area contributed by atoms with E-state index in [9.17, 15) is 4.79 Å². The molecule has 23 heavy (non-hydrogen) atoms. The summed E-state index contributed by atoms with van der Waals surface area (Å²) in [7, 11) is 0. The molecule has 3 N–H and O–H groups in total. The van der Waals surface area contributed by atoms with Crippen LogP contribution < -0.4 is 11.1 Å². The van der Waals surface area contributed by atoms with Gasteiger partial charge in [-0.25, -0.2) is 4.79 Å². The van der Waals surface area contributed by atoms with Gasteiger partial charge in [0.25, 0.3) is 0 Å². The molecular weight excluding hydrogens is 284 g/mol. The molecule has 0 aliphatic carbocycles. The number of nitrogens with one attached hydrogen (secondary N) is 1. The first kappa shape index (κ1) is 22.3. The van der Waals surface area contributed by atoms with Crippen molar-refractivity contribution in [3.8, 4) is 0 Å². The molecule has 0 atom stereocenters. The van der Waals surface area contributed by atoms with Crippen LogP contribution in [0.2, 0.25) is 0 Å². The maximum absolute atomic E-state index is 10.5. The lowest BCUT2D eigenvalue weighted by Gasteiger charge is -2.05. The first-order valence-electron chi connectivity index (χ1n) is 10.2. The molecule has 0 aliphatic heterocycles. The molecule has 0 saturated heterocycles. The van der Waals surface area contributed by atoms with Crippen molar-refractivity contribution < 1.29 is 4.79 Å². The molecule has 0 rings (SSSR count). The number of carbonyl (C=O) groups excluding carboxylic acids is 1. The van der Waals surface area contributed by atoms with E-state index in [2.05, 4.69) is 19.2 Å². The van der Waals surface area contributed by atoms with Gasteiger partial charge in [-0.15, -0.1) is 0 Å². The van der Waals surface area contributed by atoms with Crippen LogP contribution in [-0.2, 0) is 0 Å². The highest BCUT2D eigenvalue weighted by Crippen LogP contribution is 2.14. The van der Waals surface area contributed by atoms with Gasteiger partial charge in [-0.2, -0.15) is 0 Å². The van der Waals surface area contributed by atoms with Crippen molar-refractivity contribution in [1.29, 1.82) is 0 Å². The van der Waals surface area contributed by atoms with Crippen molar-refractivity contribution in [3.63, 3.8) is 0 Å². The van der Waals surface area contributed by atoms with Gasteiger partial charge in [0.05, 0.1) is 0 Å². The Labute approximate surface area is 145 Å². The number of hydrogen-bond donors (Lipinski definition) is 2. The molecular formula is C20H42N2O. The van der Waals surface area contributed by atoms with Crippen molar-refractivity contribution in [2.24, 2.45) is 11.7 Å². The summed E-state index contributed by atoms with van der Waals surface area (Å²) in [5, 5.41) is 2.64. The molecule has 0 heterocycles. The second-order valence-electron chi connectivity index (χ2n) is 7.42. The van der Waals surface area contributed by atoms with E-state index in [4.69, 9.17) is 5.73 Å². The lowest BCUT2D eigenvalue weighted by atomic mass is 10.0. The van der Waals surface area contributed by atoms with Gasteiger partial charge in [-0.1, -0.05) is 104 Å². The van der Waals surface area contributed by atoms with E-state index in [0.29, 0.717) is 0 Å². The predicted molar refractivity (Wildman–Crippen MR) is 102 cm³/mol. The average Bonchev–Trinajstić information content (AvgIpc) is 2.49. The highest BCUT2D eigenvalue weighted by molar-refractivity contribution is 5.71. The van der Waals surface area contributed by atoms with Crippen LogP contribution in [0.3, 0.4) is 0 Å². The number of urea groups is 1. The Morgan fingerprint density at radius 1 is 0.696 bits per heavy atom. The second kappa shape index (κ2) is 17.6. The van der Waals surface area contributed by atoms with Crippen LogP contribution in [0.5, 0.6) is 0 Å². The molecule has 0 aromatic heterocycles. The van der Waals surface area contributed by atoms with Crippen molar-refractivity contribution in [2.75, 3.05) is 6.54 Å². The summed E-state index contributed by atoms with van der Waals surface area (Å²) in [6, 6.07) is -0.402. The Kier molecular flexibility index (Phi) is 17.1. The number of nitrogens with two attached hydrogens (primary N) is 1. The lowest BCUT2D eigenvalue weighted by Crippen LogP contribution is -2.29. The predicted octanol–water partition coefficient (Wildman–Crippen LogP) is 6.16. The van der Waals surface area contributed by atoms with Gasteiger partial charge in [-0.05, 0) is 12.3 Å². The smallest absolute Gasteiger partial charge is 0.312 e. The summed E-state index contributed by atoms with van der Waals surface area (Å²) in [5.41, 5.74) is 5.01. The fraction of sp³-hybridized carbons (Fsp3) is 0.950. The lowest BCUT2D eigenvalue weighted by molar-refractivity contribution is 0.248. The Bertz CT molecular complexity index is 254. The van der Waals surface area contributed by atoms with Gasteiger partial charge < -0.3 is 11.1 Å².